The summed E-state index contributed by atoms with van der Waals surface area (Å²) in [6.45, 7) is -0.0880. The van der Waals surface area contributed by atoms with Crippen LogP contribution in [0.3, 0.4) is 0 Å². The molecule has 0 unspecified atom stereocenters. The first-order valence-corrected chi connectivity index (χ1v) is 4.84. The van der Waals surface area contributed by atoms with Crippen molar-refractivity contribution < 1.29 is 5.11 Å². The second-order valence-corrected chi connectivity index (χ2v) is 3.46. The summed E-state index contributed by atoms with van der Waals surface area (Å²) in [5.74, 6) is 0. The summed E-state index contributed by atoms with van der Waals surface area (Å²) in [5.41, 5.74) is 2.43. The highest BCUT2D eigenvalue weighted by Crippen LogP contribution is 2.27. The molecule has 0 fully saturated rings. The van der Waals surface area contributed by atoms with Crippen molar-refractivity contribution in [3.8, 4) is 11.1 Å². The van der Waals surface area contributed by atoms with Gasteiger partial charge in [-0.15, -0.1) is 0 Å². The van der Waals surface area contributed by atoms with Gasteiger partial charge in [0.15, 0.2) is 0 Å². The molecule has 0 aromatic carbocycles. The van der Waals surface area contributed by atoms with Gasteiger partial charge < -0.3 is 5.11 Å². The third-order valence-electron chi connectivity index (χ3n) is 2.07. The number of nitrogens with zero attached hydrogens (tertiary/aromatic N) is 2. The van der Waals surface area contributed by atoms with E-state index in [1.54, 1.807) is 24.7 Å². The molecule has 2 rings (SSSR count). The van der Waals surface area contributed by atoms with Crippen LogP contribution in [0.25, 0.3) is 11.1 Å². The highest BCUT2D eigenvalue weighted by molar-refractivity contribution is 6.33. The van der Waals surface area contributed by atoms with Crippen molar-refractivity contribution in [1.82, 2.24) is 9.97 Å². The van der Waals surface area contributed by atoms with Gasteiger partial charge in [-0.1, -0.05) is 11.6 Å². The minimum atomic E-state index is -0.0880. The molecule has 0 aliphatic heterocycles. The summed E-state index contributed by atoms with van der Waals surface area (Å²) >= 11 is 6.02. The van der Waals surface area contributed by atoms with Gasteiger partial charge in [0.2, 0.25) is 0 Å². The lowest BCUT2D eigenvalue weighted by molar-refractivity contribution is 0.277. The average Bonchev–Trinajstić information content (AvgIpc) is 2.31. The summed E-state index contributed by atoms with van der Waals surface area (Å²) in [5, 5.41) is 9.55. The van der Waals surface area contributed by atoms with E-state index in [9.17, 15) is 0 Å². The van der Waals surface area contributed by atoms with E-state index in [1.807, 2.05) is 12.1 Å². The maximum atomic E-state index is 8.98. The molecule has 4 heteroatoms. The number of hydrogen-bond acceptors (Lipinski definition) is 3. The highest BCUT2D eigenvalue weighted by atomic mass is 35.5. The Bertz CT molecular complexity index is 459. The number of rotatable bonds is 2. The molecule has 0 aliphatic carbocycles. The van der Waals surface area contributed by atoms with Crippen molar-refractivity contribution in [3.05, 3.63) is 47.5 Å². The normalized spacial score (nSPS) is 10.3. The molecule has 0 aliphatic rings. The topological polar surface area (TPSA) is 46.0 Å². The quantitative estimate of drug-likeness (QED) is 0.845. The number of aliphatic hydroxyl groups excluding tert-OH is 1. The Morgan fingerprint density at radius 2 is 2.00 bits per heavy atom. The number of hydrogen-bond donors (Lipinski definition) is 1. The van der Waals surface area contributed by atoms with Gasteiger partial charge in [-0.3, -0.25) is 9.97 Å². The molecule has 0 saturated heterocycles. The second-order valence-electron chi connectivity index (χ2n) is 3.05. The van der Waals surface area contributed by atoms with Gasteiger partial charge in [-0.05, 0) is 23.8 Å². The lowest BCUT2D eigenvalue weighted by atomic mass is 10.1. The molecule has 0 spiro atoms. The van der Waals surface area contributed by atoms with Gasteiger partial charge in [0, 0.05) is 24.2 Å². The Kier molecular flexibility index (Phi) is 2.94. The van der Waals surface area contributed by atoms with Crippen molar-refractivity contribution in [3.63, 3.8) is 0 Å². The predicted octanol–water partition coefficient (Wildman–Crippen LogP) is 2.29. The van der Waals surface area contributed by atoms with Crippen molar-refractivity contribution in [2.24, 2.45) is 0 Å². The molecule has 1 N–H and O–H groups in total. The first-order chi connectivity index (χ1) is 7.31. The molecular formula is C11H9ClN2O. The molecule has 2 aromatic rings. The largest absolute Gasteiger partial charge is 0.390 e. The highest BCUT2D eigenvalue weighted by Gasteiger charge is 2.04. The molecular weight excluding hydrogens is 212 g/mol. The van der Waals surface area contributed by atoms with Crippen LogP contribution in [0.15, 0.2) is 36.8 Å². The average molecular weight is 221 g/mol. The maximum Gasteiger partial charge on any atom is 0.0853 e. The molecule has 0 amide bonds. The molecule has 0 saturated carbocycles. The number of aromatic nitrogens is 2. The molecule has 3 nitrogen and oxygen atoms in total. The fourth-order valence-corrected chi connectivity index (χ4v) is 1.53. The Hall–Kier alpha value is -1.45. The van der Waals surface area contributed by atoms with Crippen molar-refractivity contribution in [1.29, 1.82) is 0 Å². The first kappa shape index (κ1) is 10.1. The Labute approximate surface area is 92.4 Å². The smallest absolute Gasteiger partial charge is 0.0853 e. The monoisotopic (exact) mass is 220 g/mol. The fourth-order valence-electron chi connectivity index (χ4n) is 1.32. The SMILES string of the molecule is OCc1cc(-c2ccncc2)c(Cl)cn1. The zero-order chi connectivity index (χ0) is 10.7. The summed E-state index contributed by atoms with van der Waals surface area (Å²) in [4.78, 5) is 7.92. The van der Waals surface area contributed by atoms with Gasteiger partial charge in [0.25, 0.3) is 0 Å². The second kappa shape index (κ2) is 4.38. The molecule has 2 heterocycles. The van der Waals surface area contributed by atoms with E-state index in [1.165, 1.54) is 0 Å². The van der Waals surface area contributed by atoms with Crippen molar-refractivity contribution in [2.45, 2.75) is 6.61 Å². The minimum absolute atomic E-state index is 0.0880. The zero-order valence-corrected chi connectivity index (χ0v) is 8.65. The van der Waals surface area contributed by atoms with Crippen LogP contribution >= 0.6 is 11.6 Å². The third-order valence-corrected chi connectivity index (χ3v) is 2.37. The van der Waals surface area contributed by atoms with Crippen LogP contribution in [0.4, 0.5) is 0 Å². The van der Waals surface area contributed by atoms with Crippen molar-refractivity contribution in [2.75, 3.05) is 0 Å². The van der Waals surface area contributed by atoms with E-state index in [-0.39, 0.29) is 6.61 Å². The third kappa shape index (κ3) is 2.14. The standard InChI is InChI=1S/C11H9ClN2O/c12-11-6-14-9(7-15)5-10(11)8-1-3-13-4-2-8/h1-6,15H,7H2. The molecule has 0 radical (unpaired) electrons. The molecule has 15 heavy (non-hydrogen) atoms. The van der Waals surface area contributed by atoms with Crippen LogP contribution in [0, 0.1) is 0 Å². The minimum Gasteiger partial charge on any atom is -0.390 e. The van der Waals surface area contributed by atoms with Crippen LogP contribution in [-0.2, 0) is 6.61 Å². The van der Waals surface area contributed by atoms with Crippen LogP contribution in [0.2, 0.25) is 5.02 Å². The van der Waals surface area contributed by atoms with Gasteiger partial charge in [0.05, 0.1) is 17.3 Å². The van der Waals surface area contributed by atoms with Gasteiger partial charge in [-0.25, -0.2) is 0 Å². The van der Waals surface area contributed by atoms with Gasteiger partial charge >= 0.3 is 0 Å². The Morgan fingerprint density at radius 3 is 2.67 bits per heavy atom. The number of halogens is 1. The first-order valence-electron chi connectivity index (χ1n) is 4.47. The summed E-state index contributed by atoms with van der Waals surface area (Å²) < 4.78 is 0. The molecule has 76 valence electrons. The maximum absolute atomic E-state index is 8.98. The van der Waals surface area contributed by atoms with E-state index in [0.29, 0.717) is 10.7 Å². The summed E-state index contributed by atoms with van der Waals surface area (Å²) in [7, 11) is 0. The Morgan fingerprint density at radius 1 is 1.27 bits per heavy atom. The van der Waals surface area contributed by atoms with Gasteiger partial charge in [-0.2, -0.15) is 0 Å². The predicted molar refractivity (Wildman–Crippen MR) is 58.4 cm³/mol. The summed E-state index contributed by atoms with van der Waals surface area (Å²) in [6.07, 6.45) is 4.94. The zero-order valence-electron chi connectivity index (χ0n) is 7.89. The lowest BCUT2D eigenvalue weighted by Crippen LogP contribution is -1.90. The van der Waals surface area contributed by atoms with E-state index in [2.05, 4.69) is 9.97 Å². The van der Waals surface area contributed by atoms with Crippen LogP contribution in [0.5, 0.6) is 0 Å². The number of pyridine rings is 2. The van der Waals surface area contributed by atoms with Crippen LogP contribution in [-0.4, -0.2) is 15.1 Å². The molecule has 2 aromatic heterocycles. The van der Waals surface area contributed by atoms with Crippen molar-refractivity contribution >= 4 is 11.6 Å². The van der Waals surface area contributed by atoms with Crippen LogP contribution in [0.1, 0.15) is 5.69 Å². The van der Waals surface area contributed by atoms with E-state index >= 15 is 0 Å². The molecule has 0 atom stereocenters. The lowest BCUT2D eigenvalue weighted by Gasteiger charge is -2.05. The number of aliphatic hydroxyl groups is 1. The summed E-state index contributed by atoms with van der Waals surface area (Å²) in [6, 6.07) is 5.50. The molecule has 0 bridgehead atoms. The van der Waals surface area contributed by atoms with Crippen LogP contribution < -0.4 is 0 Å². The van der Waals surface area contributed by atoms with Gasteiger partial charge in [0.1, 0.15) is 0 Å². The van der Waals surface area contributed by atoms with E-state index in [4.69, 9.17) is 16.7 Å². The van der Waals surface area contributed by atoms with E-state index < -0.39 is 0 Å². The van der Waals surface area contributed by atoms with E-state index in [0.717, 1.165) is 11.1 Å². The Balaban J connectivity index is 2.52. The fraction of sp³-hybridized carbons (Fsp3) is 0.0909.